The van der Waals surface area contributed by atoms with Gasteiger partial charge in [-0.15, -0.1) is 0 Å². The molecule has 0 aromatic heterocycles. The van der Waals surface area contributed by atoms with Crippen molar-refractivity contribution in [3.8, 4) is 0 Å². The lowest BCUT2D eigenvalue weighted by Crippen LogP contribution is -2.52. The Labute approximate surface area is 127 Å². The Morgan fingerprint density at radius 1 is 1.19 bits per heavy atom. The van der Waals surface area contributed by atoms with Gasteiger partial charge in [-0.25, -0.2) is 0 Å². The summed E-state index contributed by atoms with van der Waals surface area (Å²) in [5, 5.41) is 14.6. The SMILES string of the molecule is COC1C(=O)Nc2ccccc2C1(O)c1ccc(Cl)cc1. The zero-order valence-corrected chi connectivity index (χ0v) is 12.1. The Kier molecular flexibility index (Phi) is 3.45. The van der Waals surface area contributed by atoms with Gasteiger partial charge in [0.1, 0.15) is 0 Å². The lowest BCUT2D eigenvalue weighted by atomic mass is 9.78. The Morgan fingerprint density at radius 3 is 2.52 bits per heavy atom. The predicted molar refractivity (Wildman–Crippen MR) is 80.3 cm³/mol. The molecular formula is C16H14ClNO3. The summed E-state index contributed by atoms with van der Waals surface area (Å²) in [7, 11) is 1.40. The summed E-state index contributed by atoms with van der Waals surface area (Å²) in [5.41, 5.74) is 0.172. The van der Waals surface area contributed by atoms with Crippen LogP contribution in [-0.2, 0) is 15.1 Å². The highest BCUT2D eigenvalue weighted by Gasteiger charge is 2.49. The molecule has 1 amide bonds. The number of para-hydroxylation sites is 1. The summed E-state index contributed by atoms with van der Waals surface area (Å²) in [5.74, 6) is -0.381. The molecule has 3 rings (SSSR count). The molecule has 2 atom stereocenters. The van der Waals surface area contributed by atoms with Crippen LogP contribution in [0.25, 0.3) is 0 Å². The third-order valence-corrected chi connectivity index (χ3v) is 3.99. The number of ether oxygens (including phenoxy) is 1. The maximum atomic E-state index is 12.2. The molecule has 108 valence electrons. The van der Waals surface area contributed by atoms with E-state index in [1.165, 1.54) is 7.11 Å². The predicted octanol–water partition coefficient (Wildman–Crippen LogP) is 2.54. The van der Waals surface area contributed by atoms with Crippen molar-refractivity contribution in [1.82, 2.24) is 0 Å². The molecule has 2 aromatic carbocycles. The number of aliphatic hydroxyl groups is 1. The molecule has 2 aromatic rings. The van der Waals surface area contributed by atoms with Crippen LogP contribution in [0.15, 0.2) is 48.5 Å². The van der Waals surface area contributed by atoms with E-state index in [2.05, 4.69) is 5.32 Å². The monoisotopic (exact) mass is 303 g/mol. The largest absolute Gasteiger partial charge is 0.377 e. The van der Waals surface area contributed by atoms with Crippen molar-refractivity contribution in [1.29, 1.82) is 0 Å². The summed E-state index contributed by atoms with van der Waals surface area (Å²) in [4.78, 5) is 12.2. The van der Waals surface area contributed by atoms with Crippen LogP contribution in [0.2, 0.25) is 5.02 Å². The molecule has 0 bridgehead atoms. The fourth-order valence-corrected chi connectivity index (χ4v) is 2.87. The summed E-state index contributed by atoms with van der Waals surface area (Å²) < 4.78 is 5.27. The third kappa shape index (κ3) is 2.12. The summed E-state index contributed by atoms with van der Waals surface area (Å²) >= 11 is 5.90. The second-order valence-electron chi connectivity index (χ2n) is 4.92. The molecular weight excluding hydrogens is 290 g/mol. The molecule has 1 heterocycles. The number of carbonyl (C=O) groups excluding carboxylic acids is 1. The molecule has 0 fully saturated rings. The van der Waals surface area contributed by atoms with Crippen molar-refractivity contribution in [2.24, 2.45) is 0 Å². The number of carbonyl (C=O) groups is 1. The minimum absolute atomic E-state index is 0.381. The molecule has 0 aliphatic carbocycles. The summed E-state index contributed by atoms with van der Waals surface area (Å²) in [6.07, 6.45) is -1.03. The average molecular weight is 304 g/mol. The number of fused-ring (bicyclic) bond motifs is 1. The highest BCUT2D eigenvalue weighted by atomic mass is 35.5. The Bertz CT molecular complexity index is 686. The molecule has 2 N–H and O–H groups in total. The Hall–Kier alpha value is -1.88. The van der Waals surface area contributed by atoms with Crippen LogP contribution in [0.4, 0.5) is 5.69 Å². The minimum Gasteiger partial charge on any atom is -0.377 e. The van der Waals surface area contributed by atoms with Gasteiger partial charge in [0.2, 0.25) is 0 Å². The highest BCUT2D eigenvalue weighted by Crippen LogP contribution is 2.42. The lowest BCUT2D eigenvalue weighted by molar-refractivity contribution is -0.142. The fourth-order valence-electron chi connectivity index (χ4n) is 2.74. The third-order valence-electron chi connectivity index (χ3n) is 3.73. The van der Waals surface area contributed by atoms with Gasteiger partial charge in [-0.05, 0) is 23.8 Å². The van der Waals surface area contributed by atoms with Crippen LogP contribution in [0, 0.1) is 0 Å². The number of benzene rings is 2. The lowest BCUT2D eigenvalue weighted by Gasteiger charge is -2.40. The molecule has 5 heteroatoms. The Morgan fingerprint density at radius 2 is 1.86 bits per heavy atom. The highest BCUT2D eigenvalue weighted by molar-refractivity contribution is 6.30. The van der Waals surface area contributed by atoms with E-state index in [0.717, 1.165) is 0 Å². The zero-order chi connectivity index (χ0) is 15.0. The minimum atomic E-state index is -1.56. The first-order valence-electron chi connectivity index (χ1n) is 6.49. The van der Waals surface area contributed by atoms with Crippen LogP contribution >= 0.6 is 11.6 Å². The van der Waals surface area contributed by atoms with E-state index in [9.17, 15) is 9.90 Å². The van der Waals surface area contributed by atoms with E-state index in [1.807, 2.05) is 6.07 Å². The molecule has 4 nitrogen and oxygen atoms in total. The van der Waals surface area contributed by atoms with Crippen LogP contribution in [0.1, 0.15) is 11.1 Å². The zero-order valence-electron chi connectivity index (χ0n) is 11.3. The van der Waals surface area contributed by atoms with Crippen LogP contribution in [0.3, 0.4) is 0 Å². The number of anilines is 1. The van der Waals surface area contributed by atoms with E-state index in [0.29, 0.717) is 21.8 Å². The van der Waals surface area contributed by atoms with Crippen LogP contribution in [-0.4, -0.2) is 24.2 Å². The number of amides is 1. The molecule has 1 aliphatic rings. The number of hydrogen-bond acceptors (Lipinski definition) is 3. The first-order chi connectivity index (χ1) is 10.1. The number of methoxy groups -OCH3 is 1. The molecule has 0 radical (unpaired) electrons. The molecule has 0 spiro atoms. The van der Waals surface area contributed by atoms with Gasteiger partial charge in [-0.1, -0.05) is 41.9 Å². The van der Waals surface area contributed by atoms with E-state index >= 15 is 0 Å². The first kappa shape index (κ1) is 14.1. The molecule has 2 unspecified atom stereocenters. The van der Waals surface area contributed by atoms with Crippen LogP contribution < -0.4 is 5.32 Å². The maximum Gasteiger partial charge on any atom is 0.257 e. The number of hydrogen-bond donors (Lipinski definition) is 2. The van der Waals surface area contributed by atoms with Crippen molar-refractivity contribution in [3.05, 3.63) is 64.7 Å². The quantitative estimate of drug-likeness (QED) is 0.896. The number of rotatable bonds is 2. The Balaban J connectivity index is 2.24. The van der Waals surface area contributed by atoms with Gasteiger partial charge >= 0.3 is 0 Å². The topological polar surface area (TPSA) is 58.6 Å². The van der Waals surface area contributed by atoms with Crippen molar-refractivity contribution in [3.63, 3.8) is 0 Å². The average Bonchev–Trinajstić information content (AvgIpc) is 2.48. The van der Waals surface area contributed by atoms with Crippen molar-refractivity contribution in [2.45, 2.75) is 11.7 Å². The second kappa shape index (κ2) is 5.15. The van der Waals surface area contributed by atoms with Crippen molar-refractivity contribution < 1.29 is 14.6 Å². The normalized spacial score (nSPS) is 24.3. The van der Waals surface area contributed by atoms with Gasteiger partial charge in [-0.3, -0.25) is 4.79 Å². The number of nitrogens with one attached hydrogen (secondary N) is 1. The van der Waals surface area contributed by atoms with Crippen LogP contribution in [0.5, 0.6) is 0 Å². The standard InChI is InChI=1S/C16H14ClNO3/c1-21-14-15(19)18-13-5-3-2-4-12(13)16(14,20)10-6-8-11(17)9-7-10/h2-9,14,20H,1H3,(H,18,19). The maximum absolute atomic E-state index is 12.2. The van der Waals surface area contributed by atoms with Gasteiger partial charge in [-0.2, -0.15) is 0 Å². The van der Waals surface area contributed by atoms with Gasteiger partial charge in [0.15, 0.2) is 11.7 Å². The molecule has 0 saturated heterocycles. The molecule has 0 saturated carbocycles. The summed E-state index contributed by atoms with van der Waals surface area (Å²) in [6.45, 7) is 0. The summed E-state index contributed by atoms with van der Waals surface area (Å²) in [6, 6.07) is 13.9. The van der Waals surface area contributed by atoms with Gasteiger partial charge in [0, 0.05) is 23.4 Å². The second-order valence-corrected chi connectivity index (χ2v) is 5.36. The van der Waals surface area contributed by atoms with Crippen molar-refractivity contribution >= 4 is 23.2 Å². The van der Waals surface area contributed by atoms with Crippen molar-refractivity contribution in [2.75, 3.05) is 12.4 Å². The van der Waals surface area contributed by atoms with E-state index in [4.69, 9.17) is 16.3 Å². The van der Waals surface area contributed by atoms with E-state index < -0.39 is 11.7 Å². The number of halogens is 1. The van der Waals surface area contributed by atoms with Gasteiger partial charge in [0.25, 0.3) is 5.91 Å². The van der Waals surface area contributed by atoms with Gasteiger partial charge < -0.3 is 15.2 Å². The fraction of sp³-hybridized carbons (Fsp3) is 0.188. The van der Waals surface area contributed by atoms with E-state index in [1.54, 1.807) is 42.5 Å². The molecule has 1 aliphatic heterocycles. The van der Waals surface area contributed by atoms with Gasteiger partial charge in [0.05, 0.1) is 0 Å². The smallest absolute Gasteiger partial charge is 0.257 e. The van der Waals surface area contributed by atoms with E-state index in [-0.39, 0.29) is 5.91 Å². The first-order valence-corrected chi connectivity index (χ1v) is 6.86. The molecule has 21 heavy (non-hydrogen) atoms.